The van der Waals surface area contributed by atoms with E-state index in [1.54, 1.807) is 30.3 Å². The van der Waals surface area contributed by atoms with Gasteiger partial charge in [-0.05, 0) is 35.4 Å². The van der Waals surface area contributed by atoms with Crippen LogP contribution in [0.25, 0.3) is 11.3 Å². The predicted octanol–water partition coefficient (Wildman–Crippen LogP) is 5.23. The number of pyridine rings is 1. The fourth-order valence-corrected chi connectivity index (χ4v) is 5.19. The number of halogens is 1. The van der Waals surface area contributed by atoms with Crippen LogP contribution in [0.15, 0.2) is 102 Å². The van der Waals surface area contributed by atoms with E-state index in [9.17, 15) is 14.7 Å². The van der Waals surface area contributed by atoms with Gasteiger partial charge in [0, 0.05) is 10.5 Å². The zero-order chi connectivity index (χ0) is 24.4. The summed E-state index contributed by atoms with van der Waals surface area (Å²) in [4.78, 5) is 31.3. The summed E-state index contributed by atoms with van der Waals surface area (Å²) in [5.41, 5.74) is 6.05. The van der Waals surface area contributed by atoms with Gasteiger partial charge in [-0.15, -0.1) is 11.8 Å². The zero-order valence-electron chi connectivity index (χ0n) is 18.3. The minimum absolute atomic E-state index is 0.0991. The van der Waals surface area contributed by atoms with Gasteiger partial charge in [0.2, 0.25) is 0 Å². The van der Waals surface area contributed by atoms with Crippen molar-refractivity contribution >= 4 is 35.2 Å². The summed E-state index contributed by atoms with van der Waals surface area (Å²) >= 11 is 7.41. The molecule has 1 aromatic heterocycles. The van der Waals surface area contributed by atoms with E-state index in [0.29, 0.717) is 15.6 Å². The van der Waals surface area contributed by atoms with E-state index in [-0.39, 0.29) is 17.6 Å². The van der Waals surface area contributed by atoms with Gasteiger partial charge in [-0.2, -0.15) is 0 Å². The Kier molecular flexibility index (Phi) is 6.44. The maximum Gasteiger partial charge on any atom is 0.265 e. The van der Waals surface area contributed by atoms with Crippen LogP contribution in [0.2, 0.25) is 5.02 Å². The number of amides is 2. The first-order valence-corrected chi connectivity index (χ1v) is 12.1. The van der Waals surface area contributed by atoms with Crippen LogP contribution in [-0.2, 0) is 9.59 Å². The number of carbonyl (C=O) groups is 2. The first kappa shape index (κ1) is 23.0. The lowest BCUT2D eigenvalue weighted by atomic mass is 9.96. The highest BCUT2D eigenvalue weighted by Gasteiger charge is 2.44. The van der Waals surface area contributed by atoms with E-state index in [2.05, 4.69) is 10.4 Å². The van der Waals surface area contributed by atoms with Crippen molar-refractivity contribution in [3.63, 3.8) is 0 Å². The molecule has 2 unspecified atom stereocenters. The molecule has 0 aliphatic carbocycles. The van der Waals surface area contributed by atoms with Gasteiger partial charge in [0.05, 0.1) is 16.9 Å². The van der Waals surface area contributed by atoms with Crippen LogP contribution in [0.3, 0.4) is 0 Å². The maximum atomic E-state index is 13.5. The van der Waals surface area contributed by atoms with Crippen LogP contribution in [0.5, 0.6) is 5.75 Å². The van der Waals surface area contributed by atoms with Gasteiger partial charge in [-0.3, -0.25) is 20.0 Å². The standard InChI is InChI=1S/C27H20ClN3O3S/c28-21-8-4-5-9-23(21)35-25-26(33)30-31(27(25)34)24(18-6-2-1-3-7-18)19-12-10-17(11-13-19)22-15-14-20(32)16-29-22/h1-16,24-25,32H,(H,30,33). The van der Waals surface area contributed by atoms with Crippen molar-refractivity contribution in [3.05, 3.63) is 113 Å². The third-order valence-electron chi connectivity index (χ3n) is 5.66. The molecule has 0 spiro atoms. The second-order valence-electron chi connectivity index (χ2n) is 7.95. The van der Waals surface area contributed by atoms with E-state index in [1.165, 1.54) is 11.2 Å². The summed E-state index contributed by atoms with van der Waals surface area (Å²) in [6.07, 6.45) is 1.39. The van der Waals surface area contributed by atoms with Gasteiger partial charge in [-0.1, -0.05) is 78.3 Å². The first-order chi connectivity index (χ1) is 17.0. The average molecular weight is 502 g/mol. The van der Waals surface area contributed by atoms with Crippen LogP contribution >= 0.6 is 23.4 Å². The monoisotopic (exact) mass is 501 g/mol. The molecule has 5 rings (SSSR count). The molecular formula is C27H20ClN3O3S. The summed E-state index contributed by atoms with van der Waals surface area (Å²) in [6, 6.07) is 27.1. The van der Waals surface area contributed by atoms with Crippen molar-refractivity contribution < 1.29 is 14.7 Å². The molecule has 1 fully saturated rings. The number of carbonyl (C=O) groups excluding carboxylic acids is 2. The summed E-state index contributed by atoms with van der Waals surface area (Å²) in [6.45, 7) is 0. The van der Waals surface area contributed by atoms with Crippen LogP contribution in [0.4, 0.5) is 0 Å². The van der Waals surface area contributed by atoms with Crippen LogP contribution in [0.1, 0.15) is 17.2 Å². The van der Waals surface area contributed by atoms with Crippen molar-refractivity contribution in [2.75, 3.05) is 0 Å². The number of benzene rings is 3. The Morgan fingerprint density at radius 1 is 0.886 bits per heavy atom. The molecule has 8 heteroatoms. The van der Waals surface area contributed by atoms with Crippen molar-refractivity contribution in [3.8, 4) is 17.0 Å². The second-order valence-corrected chi connectivity index (χ2v) is 9.50. The quantitative estimate of drug-likeness (QED) is 0.353. The van der Waals surface area contributed by atoms with Crippen LogP contribution in [0, 0.1) is 0 Å². The fourth-order valence-electron chi connectivity index (χ4n) is 3.95. The van der Waals surface area contributed by atoms with Crippen molar-refractivity contribution in [2.45, 2.75) is 16.2 Å². The summed E-state index contributed by atoms with van der Waals surface area (Å²) < 4.78 is 0. The molecule has 1 aliphatic rings. The van der Waals surface area contributed by atoms with Gasteiger partial charge < -0.3 is 5.11 Å². The minimum Gasteiger partial charge on any atom is -0.506 e. The molecule has 0 bridgehead atoms. The summed E-state index contributed by atoms with van der Waals surface area (Å²) in [5, 5.41) is 10.5. The van der Waals surface area contributed by atoms with E-state index in [0.717, 1.165) is 28.5 Å². The van der Waals surface area contributed by atoms with E-state index in [4.69, 9.17) is 11.6 Å². The molecule has 2 heterocycles. The van der Waals surface area contributed by atoms with Crippen molar-refractivity contribution in [1.29, 1.82) is 0 Å². The van der Waals surface area contributed by atoms with Crippen molar-refractivity contribution in [1.82, 2.24) is 15.4 Å². The lowest BCUT2D eigenvalue weighted by Crippen LogP contribution is -2.39. The largest absolute Gasteiger partial charge is 0.506 e. The zero-order valence-corrected chi connectivity index (χ0v) is 19.9. The van der Waals surface area contributed by atoms with E-state index < -0.39 is 11.3 Å². The molecule has 1 aliphatic heterocycles. The molecule has 0 radical (unpaired) electrons. The normalized spacial score (nSPS) is 16.3. The molecule has 6 nitrogen and oxygen atoms in total. The van der Waals surface area contributed by atoms with Crippen molar-refractivity contribution in [2.24, 2.45) is 0 Å². The Morgan fingerprint density at radius 3 is 2.26 bits per heavy atom. The number of hydrogen-bond donors (Lipinski definition) is 2. The number of nitrogens with zero attached hydrogens (tertiary/aromatic N) is 2. The number of aromatic hydroxyl groups is 1. The van der Waals surface area contributed by atoms with Gasteiger partial charge in [0.25, 0.3) is 11.8 Å². The third-order valence-corrected chi connectivity index (χ3v) is 7.36. The second kappa shape index (κ2) is 9.82. The molecule has 1 saturated heterocycles. The molecule has 2 N–H and O–H groups in total. The Labute approximate surface area is 211 Å². The fraction of sp³-hybridized carbons (Fsp3) is 0.0741. The molecule has 2 atom stereocenters. The Balaban J connectivity index is 1.47. The molecular weight excluding hydrogens is 482 g/mol. The summed E-state index contributed by atoms with van der Waals surface area (Å²) in [7, 11) is 0. The number of nitrogens with one attached hydrogen (secondary N) is 1. The topological polar surface area (TPSA) is 82.5 Å². The van der Waals surface area contributed by atoms with Crippen LogP contribution in [-0.4, -0.2) is 32.2 Å². The molecule has 0 saturated carbocycles. The number of rotatable bonds is 6. The Morgan fingerprint density at radius 2 is 1.57 bits per heavy atom. The van der Waals surface area contributed by atoms with Crippen LogP contribution < -0.4 is 5.43 Å². The highest BCUT2D eigenvalue weighted by atomic mass is 35.5. The third kappa shape index (κ3) is 4.73. The number of hydrazine groups is 1. The summed E-state index contributed by atoms with van der Waals surface area (Å²) in [5.74, 6) is -0.620. The minimum atomic E-state index is -0.943. The lowest BCUT2D eigenvalue weighted by Gasteiger charge is -2.28. The predicted molar refractivity (Wildman–Crippen MR) is 136 cm³/mol. The number of thioether (sulfide) groups is 1. The molecule has 4 aromatic rings. The van der Waals surface area contributed by atoms with Gasteiger partial charge >= 0.3 is 0 Å². The molecule has 174 valence electrons. The molecule has 3 aromatic carbocycles. The Bertz CT molecular complexity index is 1360. The maximum absolute atomic E-state index is 13.5. The first-order valence-electron chi connectivity index (χ1n) is 10.9. The van der Waals surface area contributed by atoms with Gasteiger partial charge in [0.1, 0.15) is 11.8 Å². The highest BCUT2D eigenvalue weighted by molar-refractivity contribution is 8.01. The average Bonchev–Trinajstić information content (AvgIpc) is 3.15. The number of hydrogen-bond acceptors (Lipinski definition) is 5. The lowest BCUT2D eigenvalue weighted by molar-refractivity contribution is -0.131. The van der Waals surface area contributed by atoms with E-state index in [1.807, 2.05) is 60.7 Å². The van der Waals surface area contributed by atoms with Gasteiger partial charge in [-0.25, -0.2) is 5.01 Å². The SMILES string of the molecule is O=C1NN(C(c2ccccc2)c2ccc(-c3ccc(O)cn3)cc2)C(=O)C1Sc1ccccc1Cl. The van der Waals surface area contributed by atoms with Gasteiger partial charge in [0.15, 0.2) is 5.25 Å². The Hall–Kier alpha value is -3.81. The smallest absolute Gasteiger partial charge is 0.265 e. The van der Waals surface area contributed by atoms with E-state index >= 15 is 0 Å². The highest BCUT2D eigenvalue weighted by Crippen LogP contribution is 2.37. The number of aromatic nitrogens is 1. The molecule has 35 heavy (non-hydrogen) atoms. The molecule has 2 amide bonds.